The van der Waals surface area contributed by atoms with Crippen LogP contribution in [0.1, 0.15) is 61.8 Å². The van der Waals surface area contributed by atoms with Crippen LogP contribution >= 0.6 is 0 Å². The first-order valence-corrected chi connectivity index (χ1v) is 11.0. The number of hydrogen-bond donors (Lipinski definition) is 1. The number of nitrogens with zero attached hydrogens (tertiary/aromatic N) is 2. The topological polar surface area (TPSA) is 86.5 Å². The van der Waals surface area contributed by atoms with Crippen molar-refractivity contribution in [3.63, 3.8) is 0 Å². The molecule has 1 N–H and O–H groups in total. The number of alkyl halides is 3. The smallest absolute Gasteiger partial charge is 0.480 e. The summed E-state index contributed by atoms with van der Waals surface area (Å²) in [6.07, 6.45) is -2.65. The normalized spacial score (nSPS) is 34.2. The van der Waals surface area contributed by atoms with Crippen LogP contribution in [0.4, 0.5) is 17.6 Å². The van der Waals surface area contributed by atoms with E-state index in [2.05, 4.69) is 20.3 Å². The molecule has 7 nitrogen and oxygen atoms in total. The van der Waals surface area contributed by atoms with Crippen molar-refractivity contribution in [2.24, 2.45) is 0 Å². The number of fused-ring (bicyclic) bond motifs is 1. The Labute approximate surface area is 185 Å². The maximum Gasteiger partial charge on any atom is 0.522 e. The molecule has 2 bridgehead atoms. The standard InChI is InChI=1S/C22H21F4N3O4/c23-13-2-4-15-11(5-13)1-3-16(31-15)17(30)27-21-8-20(9-21,10-21)19-29-28-18(32-19)12-6-14(7-12)33-22(24,25)26/h2,4-5,12,14,16H,1,3,6-10H2,(H,27,30). The highest BCUT2D eigenvalue weighted by molar-refractivity contribution is 5.83. The molecular formula is C22H21F4N3O4. The van der Waals surface area contributed by atoms with E-state index in [1.807, 2.05) is 0 Å². The van der Waals surface area contributed by atoms with Crippen LogP contribution in [-0.4, -0.2) is 40.2 Å². The molecule has 7 rings (SSSR count). The lowest BCUT2D eigenvalue weighted by Crippen LogP contribution is -2.77. The number of nitrogens with one attached hydrogen (secondary N) is 1. The number of carbonyl (C=O) groups is 1. The van der Waals surface area contributed by atoms with E-state index in [9.17, 15) is 22.4 Å². The van der Waals surface area contributed by atoms with Crippen LogP contribution in [0.5, 0.6) is 5.75 Å². The van der Waals surface area contributed by atoms with Gasteiger partial charge in [-0.3, -0.25) is 9.53 Å². The Hall–Kier alpha value is -2.69. The first-order valence-electron chi connectivity index (χ1n) is 11.0. The number of aromatic nitrogens is 2. The highest BCUT2D eigenvalue weighted by Gasteiger charge is 2.72. The molecule has 1 aliphatic heterocycles. The fourth-order valence-corrected chi connectivity index (χ4v) is 5.70. The summed E-state index contributed by atoms with van der Waals surface area (Å²) in [5.74, 6) is 0.637. The maximum atomic E-state index is 13.4. The van der Waals surface area contributed by atoms with Crippen molar-refractivity contribution in [1.29, 1.82) is 0 Å². The van der Waals surface area contributed by atoms with Crippen LogP contribution in [0.3, 0.4) is 0 Å². The summed E-state index contributed by atoms with van der Waals surface area (Å²) in [4.78, 5) is 12.8. The van der Waals surface area contributed by atoms with Gasteiger partial charge < -0.3 is 14.5 Å². The fraction of sp³-hybridized carbons (Fsp3) is 0.591. The molecule has 5 aliphatic rings. The highest BCUT2D eigenvalue weighted by Crippen LogP contribution is 2.67. The minimum Gasteiger partial charge on any atom is -0.480 e. The molecule has 33 heavy (non-hydrogen) atoms. The second kappa shape index (κ2) is 6.91. The summed E-state index contributed by atoms with van der Waals surface area (Å²) < 4.78 is 65.8. The molecule has 4 fully saturated rings. The van der Waals surface area contributed by atoms with E-state index in [4.69, 9.17) is 9.15 Å². The summed E-state index contributed by atoms with van der Waals surface area (Å²) in [7, 11) is 0. The van der Waals surface area contributed by atoms with Gasteiger partial charge in [0.2, 0.25) is 11.8 Å². The molecule has 0 saturated heterocycles. The second-order valence-electron chi connectivity index (χ2n) is 9.78. The van der Waals surface area contributed by atoms with E-state index in [1.54, 1.807) is 6.07 Å². The molecule has 0 spiro atoms. The minimum absolute atomic E-state index is 0.185. The molecule has 4 saturated carbocycles. The fourth-order valence-electron chi connectivity index (χ4n) is 5.70. The first-order chi connectivity index (χ1) is 15.6. The molecule has 1 amide bonds. The Morgan fingerprint density at radius 2 is 1.94 bits per heavy atom. The quantitative estimate of drug-likeness (QED) is 0.676. The van der Waals surface area contributed by atoms with Crippen LogP contribution in [0.25, 0.3) is 0 Å². The van der Waals surface area contributed by atoms with Gasteiger partial charge in [-0.1, -0.05) is 0 Å². The van der Waals surface area contributed by atoms with Gasteiger partial charge in [-0.15, -0.1) is 23.4 Å². The van der Waals surface area contributed by atoms with Gasteiger partial charge in [-0.2, -0.15) is 0 Å². The molecule has 176 valence electrons. The summed E-state index contributed by atoms with van der Waals surface area (Å²) >= 11 is 0. The summed E-state index contributed by atoms with van der Waals surface area (Å²) in [6.45, 7) is 0. The number of ether oxygens (including phenoxy) is 2. The van der Waals surface area contributed by atoms with Crippen LogP contribution in [0.15, 0.2) is 22.6 Å². The lowest BCUT2D eigenvalue weighted by atomic mass is 9.39. The molecule has 2 aromatic rings. The lowest BCUT2D eigenvalue weighted by molar-refractivity contribution is -0.352. The second-order valence-corrected chi connectivity index (χ2v) is 9.78. The molecule has 0 radical (unpaired) electrons. The van der Waals surface area contributed by atoms with Crippen LogP contribution < -0.4 is 10.1 Å². The zero-order valence-corrected chi connectivity index (χ0v) is 17.5. The average Bonchev–Trinajstić information content (AvgIpc) is 3.13. The molecule has 1 aromatic carbocycles. The summed E-state index contributed by atoms with van der Waals surface area (Å²) in [5.41, 5.74) is 0.167. The number of hydrogen-bond acceptors (Lipinski definition) is 6. The van der Waals surface area contributed by atoms with Crippen molar-refractivity contribution in [1.82, 2.24) is 15.5 Å². The SMILES string of the molecule is O=C(NC12CC(c3nnc(C4CC(OC(F)(F)F)C4)o3)(C1)C2)C1CCc2cc(F)ccc2O1. The lowest BCUT2D eigenvalue weighted by Gasteiger charge is -2.68. The number of carbonyl (C=O) groups excluding carboxylic acids is 1. The number of rotatable bonds is 5. The number of halogens is 4. The van der Waals surface area contributed by atoms with Gasteiger partial charge in [-0.05, 0) is 68.7 Å². The Kier molecular flexibility index (Phi) is 4.37. The van der Waals surface area contributed by atoms with Crippen molar-refractivity contribution in [2.75, 3.05) is 0 Å². The van der Waals surface area contributed by atoms with Gasteiger partial charge >= 0.3 is 6.36 Å². The Balaban J connectivity index is 1.02. The third-order valence-electron chi connectivity index (χ3n) is 7.32. The van der Waals surface area contributed by atoms with Crippen molar-refractivity contribution in [3.8, 4) is 5.75 Å². The molecule has 2 heterocycles. The molecule has 1 unspecified atom stereocenters. The zero-order chi connectivity index (χ0) is 23.0. The van der Waals surface area contributed by atoms with E-state index in [0.29, 0.717) is 49.6 Å². The van der Waals surface area contributed by atoms with Crippen molar-refractivity contribution in [3.05, 3.63) is 41.4 Å². The zero-order valence-electron chi connectivity index (χ0n) is 17.5. The van der Waals surface area contributed by atoms with Gasteiger partial charge in [0.1, 0.15) is 11.6 Å². The third kappa shape index (κ3) is 3.56. The monoisotopic (exact) mass is 467 g/mol. The van der Waals surface area contributed by atoms with Crippen LogP contribution in [-0.2, 0) is 21.4 Å². The predicted octanol–water partition coefficient (Wildman–Crippen LogP) is 3.68. The highest BCUT2D eigenvalue weighted by atomic mass is 19.4. The number of amides is 1. The van der Waals surface area contributed by atoms with Crippen molar-refractivity contribution in [2.45, 2.75) is 80.4 Å². The van der Waals surface area contributed by atoms with E-state index >= 15 is 0 Å². The van der Waals surface area contributed by atoms with Gasteiger partial charge in [0, 0.05) is 11.5 Å². The Bertz CT molecular complexity index is 1090. The van der Waals surface area contributed by atoms with Crippen LogP contribution in [0.2, 0.25) is 0 Å². The third-order valence-corrected chi connectivity index (χ3v) is 7.32. The Morgan fingerprint density at radius 3 is 2.67 bits per heavy atom. The molecule has 11 heteroatoms. The van der Waals surface area contributed by atoms with E-state index < -0.39 is 18.6 Å². The number of aryl methyl sites for hydroxylation is 1. The predicted molar refractivity (Wildman–Crippen MR) is 103 cm³/mol. The van der Waals surface area contributed by atoms with Crippen molar-refractivity contribution < 1.29 is 36.2 Å². The number of benzene rings is 1. The first kappa shape index (κ1) is 20.9. The Morgan fingerprint density at radius 1 is 1.18 bits per heavy atom. The maximum absolute atomic E-state index is 13.4. The van der Waals surface area contributed by atoms with E-state index in [-0.39, 0.29) is 41.4 Å². The summed E-state index contributed by atoms with van der Waals surface area (Å²) in [6, 6.07) is 4.29. The van der Waals surface area contributed by atoms with Gasteiger partial charge in [0.15, 0.2) is 6.10 Å². The van der Waals surface area contributed by atoms with Crippen molar-refractivity contribution >= 4 is 5.91 Å². The van der Waals surface area contributed by atoms with Gasteiger partial charge in [-0.25, -0.2) is 4.39 Å². The van der Waals surface area contributed by atoms with E-state index in [1.165, 1.54) is 12.1 Å². The largest absolute Gasteiger partial charge is 0.522 e. The summed E-state index contributed by atoms with van der Waals surface area (Å²) in [5, 5.41) is 11.3. The average molecular weight is 467 g/mol. The van der Waals surface area contributed by atoms with Gasteiger partial charge in [0.25, 0.3) is 5.91 Å². The minimum atomic E-state index is -4.63. The van der Waals surface area contributed by atoms with E-state index in [0.717, 1.165) is 5.56 Å². The van der Waals surface area contributed by atoms with Gasteiger partial charge in [0.05, 0.1) is 11.5 Å². The van der Waals surface area contributed by atoms with Crippen LogP contribution in [0, 0.1) is 5.82 Å². The molecule has 4 aliphatic carbocycles. The molecule has 1 atom stereocenters. The molecular weight excluding hydrogens is 446 g/mol. The molecule has 1 aromatic heterocycles.